The van der Waals surface area contributed by atoms with Crippen molar-refractivity contribution in [1.82, 2.24) is 19.6 Å². The molecule has 0 aromatic carbocycles. The van der Waals surface area contributed by atoms with Crippen LogP contribution in [-0.4, -0.2) is 19.6 Å². The number of hydrogen-bond acceptors (Lipinski definition) is 3. The monoisotopic (exact) mass is 190 g/mol. The van der Waals surface area contributed by atoms with Crippen molar-refractivity contribution in [1.29, 1.82) is 0 Å². The predicted molar refractivity (Wildman–Crippen MR) is 50.8 cm³/mol. The molecule has 72 valence electrons. The van der Waals surface area contributed by atoms with E-state index in [0.717, 1.165) is 5.69 Å². The topological polar surface area (TPSA) is 52.7 Å². The third-order valence-corrected chi connectivity index (χ3v) is 1.86. The highest BCUT2D eigenvalue weighted by molar-refractivity contribution is 4.98. The van der Waals surface area contributed by atoms with Gasteiger partial charge in [0, 0.05) is 37.8 Å². The van der Waals surface area contributed by atoms with Gasteiger partial charge in [-0.2, -0.15) is 0 Å². The summed E-state index contributed by atoms with van der Waals surface area (Å²) in [4.78, 5) is 10.8. The molecule has 0 aliphatic carbocycles. The van der Waals surface area contributed by atoms with Gasteiger partial charge >= 0.3 is 0 Å². The van der Waals surface area contributed by atoms with Crippen LogP contribution in [0.5, 0.6) is 0 Å². The maximum absolute atomic E-state index is 10.8. The van der Waals surface area contributed by atoms with Gasteiger partial charge in [-0.1, -0.05) is 5.21 Å². The highest BCUT2D eigenvalue weighted by Crippen LogP contribution is 1.95. The predicted octanol–water partition coefficient (Wildman–Crippen LogP) is 0.0251. The van der Waals surface area contributed by atoms with Gasteiger partial charge in [0.15, 0.2) is 5.43 Å². The van der Waals surface area contributed by atoms with E-state index in [1.165, 1.54) is 12.1 Å². The molecule has 0 saturated carbocycles. The van der Waals surface area contributed by atoms with Crippen LogP contribution in [0.3, 0.4) is 0 Å². The summed E-state index contributed by atoms with van der Waals surface area (Å²) in [6.07, 6.45) is 5.31. The molecule has 2 aromatic heterocycles. The molecule has 0 fully saturated rings. The Morgan fingerprint density at radius 2 is 2.07 bits per heavy atom. The molecule has 14 heavy (non-hydrogen) atoms. The standard InChI is InChI=1S/C9H10N4O/c1-12-6-8(10-11-12)7-13-4-2-9(14)3-5-13/h2-6H,7H2,1H3. The first kappa shape index (κ1) is 8.68. The average molecular weight is 190 g/mol. The Kier molecular flexibility index (Phi) is 2.14. The molecule has 0 bridgehead atoms. The van der Waals surface area contributed by atoms with Crippen molar-refractivity contribution in [3.05, 3.63) is 46.6 Å². The maximum Gasteiger partial charge on any atom is 0.181 e. The lowest BCUT2D eigenvalue weighted by Gasteiger charge is -2.00. The molecule has 0 radical (unpaired) electrons. The zero-order valence-corrected chi connectivity index (χ0v) is 7.79. The summed E-state index contributed by atoms with van der Waals surface area (Å²) in [7, 11) is 1.82. The molecule has 0 saturated heterocycles. The fourth-order valence-electron chi connectivity index (χ4n) is 1.20. The minimum Gasteiger partial charge on any atom is -0.348 e. The quantitative estimate of drug-likeness (QED) is 0.671. The fraction of sp³-hybridized carbons (Fsp3) is 0.222. The minimum absolute atomic E-state index is 0.0143. The first-order valence-corrected chi connectivity index (χ1v) is 4.25. The average Bonchev–Trinajstić information content (AvgIpc) is 2.56. The van der Waals surface area contributed by atoms with Crippen molar-refractivity contribution >= 4 is 0 Å². The second-order valence-electron chi connectivity index (χ2n) is 3.09. The number of aryl methyl sites for hydroxylation is 1. The number of rotatable bonds is 2. The SMILES string of the molecule is Cn1cc(Cn2ccc(=O)cc2)nn1. The summed E-state index contributed by atoms with van der Waals surface area (Å²) in [5, 5.41) is 7.77. The lowest BCUT2D eigenvalue weighted by Crippen LogP contribution is -2.04. The molecular formula is C9H10N4O. The lowest BCUT2D eigenvalue weighted by atomic mass is 10.4. The van der Waals surface area contributed by atoms with Gasteiger partial charge in [-0.15, -0.1) is 5.10 Å². The first-order valence-electron chi connectivity index (χ1n) is 4.25. The molecule has 0 spiro atoms. The molecule has 5 nitrogen and oxygen atoms in total. The number of pyridine rings is 1. The van der Waals surface area contributed by atoms with Crippen LogP contribution in [-0.2, 0) is 13.6 Å². The van der Waals surface area contributed by atoms with E-state index in [1.807, 2.05) is 17.8 Å². The zero-order valence-electron chi connectivity index (χ0n) is 7.79. The van der Waals surface area contributed by atoms with Gasteiger partial charge in [0.1, 0.15) is 5.69 Å². The first-order chi connectivity index (χ1) is 6.74. The lowest BCUT2D eigenvalue weighted by molar-refractivity contribution is 0.708. The second kappa shape index (κ2) is 3.45. The van der Waals surface area contributed by atoms with E-state index in [2.05, 4.69) is 10.3 Å². The van der Waals surface area contributed by atoms with Gasteiger partial charge in [-0.3, -0.25) is 9.48 Å². The largest absolute Gasteiger partial charge is 0.348 e. The van der Waals surface area contributed by atoms with E-state index in [0.29, 0.717) is 6.54 Å². The summed E-state index contributed by atoms with van der Waals surface area (Å²) < 4.78 is 3.53. The Bertz CT molecular complexity index is 465. The summed E-state index contributed by atoms with van der Waals surface area (Å²) in [5.41, 5.74) is 0.886. The van der Waals surface area contributed by atoms with Crippen LogP contribution in [0, 0.1) is 0 Å². The Balaban J connectivity index is 2.19. The second-order valence-corrected chi connectivity index (χ2v) is 3.09. The van der Waals surface area contributed by atoms with Gasteiger partial charge in [-0.05, 0) is 0 Å². The van der Waals surface area contributed by atoms with E-state index in [1.54, 1.807) is 17.1 Å². The van der Waals surface area contributed by atoms with Gasteiger partial charge in [0.05, 0.1) is 6.54 Å². The zero-order chi connectivity index (χ0) is 9.97. The smallest absolute Gasteiger partial charge is 0.181 e. The molecule has 2 rings (SSSR count). The molecule has 2 heterocycles. The van der Waals surface area contributed by atoms with E-state index in [-0.39, 0.29) is 5.43 Å². The Morgan fingerprint density at radius 3 is 2.64 bits per heavy atom. The van der Waals surface area contributed by atoms with Crippen molar-refractivity contribution in [2.75, 3.05) is 0 Å². The van der Waals surface area contributed by atoms with Crippen molar-refractivity contribution in [2.24, 2.45) is 7.05 Å². The molecule has 0 unspecified atom stereocenters. The van der Waals surface area contributed by atoms with Gasteiger partial charge < -0.3 is 4.57 Å². The van der Waals surface area contributed by atoms with Gasteiger partial charge in [-0.25, -0.2) is 0 Å². The van der Waals surface area contributed by atoms with E-state index >= 15 is 0 Å². The molecule has 0 aliphatic rings. The molecule has 0 amide bonds. The Labute approximate surface area is 80.6 Å². The third kappa shape index (κ3) is 1.87. The molecule has 5 heteroatoms. The summed E-state index contributed by atoms with van der Waals surface area (Å²) >= 11 is 0. The van der Waals surface area contributed by atoms with Crippen LogP contribution in [0.4, 0.5) is 0 Å². The van der Waals surface area contributed by atoms with Crippen molar-refractivity contribution in [3.8, 4) is 0 Å². The molecular weight excluding hydrogens is 180 g/mol. The van der Waals surface area contributed by atoms with Gasteiger partial charge in [0.25, 0.3) is 0 Å². The van der Waals surface area contributed by atoms with Crippen molar-refractivity contribution in [3.63, 3.8) is 0 Å². The fourth-order valence-corrected chi connectivity index (χ4v) is 1.20. The molecule has 0 N–H and O–H groups in total. The van der Waals surface area contributed by atoms with Crippen LogP contribution in [0.25, 0.3) is 0 Å². The Morgan fingerprint density at radius 1 is 1.36 bits per heavy atom. The van der Waals surface area contributed by atoms with Crippen LogP contribution in [0.15, 0.2) is 35.5 Å². The summed E-state index contributed by atoms with van der Waals surface area (Å²) in [6.45, 7) is 0.633. The van der Waals surface area contributed by atoms with Crippen molar-refractivity contribution < 1.29 is 0 Å². The Hall–Kier alpha value is -1.91. The molecule has 0 atom stereocenters. The van der Waals surface area contributed by atoms with Crippen LogP contribution >= 0.6 is 0 Å². The van der Waals surface area contributed by atoms with Crippen molar-refractivity contribution in [2.45, 2.75) is 6.54 Å². The minimum atomic E-state index is 0.0143. The molecule has 2 aromatic rings. The molecule has 0 aliphatic heterocycles. The van der Waals surface area contributed by atoms with Gasteiger partial charge in [0.2, 0.25) is 0 Å². The summed E-state index contributed by atoms with van der Waals surface area (Å²) in [6, 6.07) is 3.05. The number of nitrogens with zero attached hydrogens (tertiary/aromatic N) is 4. The normalized spacial score (nSPS) is 10.4. The number of hydrogen-bond donors (Lipinski definition) is 0. The highest BCUT2D eigenvalue weighted by atomic mass is 16.1. The van der Waals surface area contributed by atoms with E-state index in [4.69, 9.17) is 0 Å². The van der Waals surface area contributed by atoms with E-state index < -0.39 is 0 Å². The van der Waals surface area contributed by atoms with E-state index in [9.17, 15) is 4.79 Å². The van der Waals surface area contributed by atoms with Crippen LogP contribution in [0.1, 0.15) is 5.69 Å². The maximum atomic E-state index is 10.8. The third-order valence-electron chi connectivity index (χ3n) is 1.86. The van der Waals surface area contributed by atoms with Crippen LogP contribution in [0.2, 0.25) is 0 Å². The van der Waals surface area contributed by atoms with Crippen LogP contribution < -0.4 is 5.43 Å². The summed E-state index contributed by atoms with van der Waals surface area (Å²) in [5.74, 6) is 0. The number of aromatic nitrogens is 4. The highest BCUT2D eigenvalue weighted by Gasteiger charge is 1.97.